The van der Waals surface area contributed by atoms with Crippen LogP contribution in [0.25, 0.3) is 11.6 Å². The summed E-state index contributed by atoms with van der Waals surface area (Å²) in [6, 6.07) is 20.2. The zero-order chi connectivity index (χ0) is 19.9. The zero-order valence-electron chi connectivity index (χ0n) is 16.0. The number of hydrogen-bond acceptors (Lipinski definition) is 5. The van der Waals surface area contributed by atoms with E-state index in [0.717, 1.165) is 28.2 Å². The summed E-state index contributed by atoms with van der Waals surface area (Å²) >= 11 is 0. The van der Waals surface area contributed by atoms with Crippen LogP contribution in [0.5, 0.6) is 23.0 Å². The first-order valence-electron chi connectivity index (χ1n) is 8.74. The molecule has 0 saturated carbocycles. The van der Waals surface area contributed by atoms with Crippen molar-refractivity contribution in [3.05, 3.63) is 82.8 Å². The minimum absolute atomic E-state index is 0.373. The van der Waals surface area contributed by atoms with Crippen LogP contribution in [0.2, 0.25) is 0 Å². The number of rotatable bonds is 7. The molecule has 0 aliphatic rings. The Kier molecular flexibility index (Phi) is 6.07. The van der Waals surface area contributed by atoms with E-state index in [-0.39, 0.29) is 0 Å². The SMILES string of the molecule is COc1cc(/C=C(/C)c2ccc(Oc3ccc(N=O)cc3)cc2)cc(OC)c1. The number of benzene rings is 3. The van der Waals surface area contributed by atoms with E-state index in [1.54, 1.807) is 38.5 Å². The lowest BCUT2D eigenvalue weighted by Crippen LogP contribution is -1.89. The van der Waals surface area contributed by atoms with Gasteiger partial charge in [-0.15, -0.1) is 4.91 Å². The molecule has 0 bridgehead atoms. The molecule has 0 heterocycles. The van der Waals surface area contributed by atoms with Crippen LogP contribution >= 0.6 is 0 Å². The first-order chi connectivity index (χ1) is 13.6. The minimum Gasteiger partial charge on any atom is -0.497 e. The lowest BCUT2D eigenvalue weighted by atomic mass is 10.0. The molecule has 0 aliphatic heterocycles. The van der Waals surface area contributed by atoms with Gasteiger partial charge in [0.2, 0.25) is 0 Å². The summed E-state index contributed by atoms with van der Waals surface area (Å²) in [5, 5.41) is 2.88. The Labute approximate surface area is 164 Å². The molecule has 0 spiro atoms. The van der Waals surface area contributed by atoms with Gasteiger partial charge < -0.3 is 14.2 Å². The van der Waals surface area contributed by atoms with Crippen LogP contribution in [0.3, 0.4) is 0 Å². The average Bonchev–Trinajstić information content (AvgIpc) is 2.74. The summed E-state index contributed by atoms with van der Waals surface area (Å²) in [6.45, 7) is 2.05. The van der Waals surface area contributed by atoms with Crippen LogP contribution in [0.4, 0.5) is 5.69 Å². The number of ether oxygens (including phenoxy) is 3. The standard InChI is InChI=1S/C23H21NO4/c1-16(12-17-13-22(26-2)15-23(14-17)27-3)18-4-8-20(9-5-18)28-21-10-6-19(24-25)7-11-21/h4-15H,1-3H3/b16-12-. The highest BCUT2D eigenvalue weighted by atomic mass is 16.5. The van der Waals surface area contributed by atoms with Crippen LogP contribution < -0.4 is 14.2 Å². The van der Waals surface area contributed by atoms with Gasteiger partial charge in [0.15, 0.2) is 0 Å². The molecule has 0 saturated heterocycles. The predicted octanol–water partition coefficient (Wildman–Crippen LogP) is 6.45. The van der Waals surface area contributed by atoms with E-state index >= 15 is 0 Å². The molecular formula is C23H21NO4. The maximum Gasteiger partial charge on any atom is 0.127 e. The molecule has 0 aliphatic carbocycles. The molecule has 5 heteroatoms. The van der Waals surface area contributed by atoms with Crippen molar-refractivity contribution < 1.29 is 14.2 Å². The Hall–Kier alpha value is -3.60. The van der Waals surface area contributed by atoms with Gasteiger partial charge in [-0.2, -0.15) is 0 Å². The second-order valence-electron chi connectivity index (χ2n) is 6.18. The van der Waals surface area contributed by atoms with Crippen LogP contribution in [0.15, 0.2) is 71.9 Å². The highest BCUT2D eigenvalue weighted by Gasteiger charge is 2.03. The normalized spacial score (nSPS) is 11.0. The molecule has 0 radical (unpaired) electrons. The molecule has 142 valence electrons. The summed E-state index contributed by atoms with van der Waals surface area (Å²) in [4.78, 5) is 10.5. The van der Waals surface area contributed by atoms with Crippen LogP contribution in [-0.2, 0) is 0 Å². The lowest BCUT2D eigenvalue weighted by Gasteiger charge is -2.09. The fourth-order valence-corrected chi connectivity index (χ4v) is 2.74. The summed E-state index contributed by atoms with van der Waals surface area (Å²) in [5.41, 5.74) is 3.55. The molecule has 3 rings (SSSR count). The molecular weight excluding hydrogens is 354 g/mol. The number of methoxy groups -OCH3 is 2. The third-order valence-electron chi connectivity index (χ3n) is 4.24. The number of nitroso groups, excluding NO2 is 1. The smallest absolute Gasteiger partial charge is 0.127 e. The van der Waals surface area contributed by atoms with E-state index in [2.05, 4.69) is 11.3 Å². The fourth-order valence-electron chi connectivity index (χ4n) is 2.74. The minimum atomic E-state index is 0.373. The van der Waals surface area contributed by atoms with E-state index in [9.17, 15) is 4.91 Å². The van der Waals surface area contributed by atoms with Crippen molar-refractivity contribution in [3.63, 3.8) is 0 Å². The molecule has 3 aromatic carbocycles. The Morgan fingerprint density at radius 1 is 0.786 bits per heavy atom. The first-order valence-corrected chi connectivity index (χ1v) is 8.74. The second-order valence-corrected chi connectivity index (χ2v) is 6.18. The van der Waals surface area contributed by atoms with Gasteiger partial charge in [0, 0.05) is 6.07 Å². The maximum atomic E-state index is 10.5. The second kappa shape index (κ2) is 8.86. The van der Waals surface area contributed by atoms with Crippen LogP contribution in [-0.4, -0.2) is 14.2 Å². The lowest BCUT2D eigenvalue weighted by molar-refractivity contribution is 0.394. The van der Waals surface area contributed by atoms with Gasteiger partial charge in [0.1, 0.15) is 28.7 Å². The highest BCUT2D eigenvalue weighted by Crippen LogP contribution is 2.28. The van der Waals surface area contributed by atoms with Crippen molar-refractivity contribution >= 4 is 17.3 Å². The van der Waals surface area contributed by atoms with Gasteiger partial charge in [0.25, 0.3) is 0 Å². The van der Waals surface area contributed by atoms with E-state index < -0.39 is 0 Å². The first kappa shape index (κ1) is 19.2. The summed E-state index contributed by atoms with van der Waals surface area (Å²) < 4.78 is 16.4. The third-order valence-corrected chi connectivity index (χ3v) is 4.24. The van der Waals surface area contributed by atoms with Gasteiger partial charge in [-0.1, -0.05) is 18.2 Å². The zero-order valence-corrected chi connectivity index (χ0v) is 16.0. The molecule has 0 atom stereocenters. The van der Waals surface area contributed by atoms with E-state index in [1.165, 1.54) is 0 Å². The largest absolute Gasteiger partial charge is 0.497 e. The van der Waals surface area contributed by atoms with Crippen molar-refractivity contribution in [1.82, 2.24) is 0 Å². The average molecular weight is 375 g/mol. The molecule has 0 amide bonds. The summed E-state index contributed by atoms with van der Waals surface area (Å²) in [7, 11) is 3.27. The topological polar surface area (TPSA) is 57.1 Å². The maximum absolute atomic E-state index is 10.5. The van der Waals surface area contributed by atoms with Crippen LogP contribution in [0, 0.1) is 4.91 Å². The molecule has 0 unspecified atom stereocenters. The van der Waals surface area contributed by atoms with Gasteiger partial charge in [-0.25, -0.2) is 0 Å². The Morgan fingerprint density at radius 2 is 1.32 bits per heavy atom. The fraction of sp³-hybridized carbons (Fsp3) is 0.130. The van der Waals surface area contributed by atoms with Crippen LogP contribution in [0.1, 0.15) is 18.1 Å². The molecule has 0 N–H and O–H groups in total. The van der Waals surface area contributed by atoms with Crippen molar-refractivity contribution in [1.29, 1.82) is 0 Å². The molecule has 0 fully saturated rings. The summed E-state index contributed by atoms with van der Waals surface area (Å²) in [6.07, 6.45) is 2.08. The van der Waals surface area contributed by atoms with Crippen molar-refractivity contribution in [2.45, 2.75) is 6.92 Å². The van der Waals surface area contributed by atoms with Gasteiger partial charge >= 0.3 is 0 Å². The summed E-state index contributed by atoms with van der Waals surface area (Å²) in [5.74, 6) is 2.86. The van der Waals surface area contributed by atoms with E-state index in [1.807, 2.05) is 49.4 Å². The van der Waals surface area contributed by atoms with E-state index in [4.69, 9.17) is 14.2 Å². The number of nitrogens with zero attached hydrogens (tertiary/aromatic N) is 1. The van der Waals surface area contributed by atoms with Gasteiger partial charge in [-0.05, 0) is 77.3 Å². The third kappa shape index (κ3) is 4.76. The molecule has 0 aromatic heterocycles. The van der Waals surface area contributed by atoms with Crippen molar-refractivity contribution in [3.8, 4) is 23.0 Å². The van der Waals surface area contributed by atoms with Crippen molar-refractivity contribution in [2.75, 3.05) is 14.2 Å². The number of allylic oxidation sites excluding steroid dienone is 1. The van der Waals surface area contributed by atoms with Gasteiger partial charge in [-0.3, -0.25) is 0 Å². The Morgan fingerprint density at radius 3 is 1.82 bits per heavy atom. The molecule has 28 heavy (non-hydrogen) atoms. The Bertz CT molecular complexity index is 954. The predicted molar refractivity (Wildman–Crippen MR) is 112 cm³/mol. The van der Waals surface area contributed by atoms with Gasteiger partial charge in [0.05, 0.1) is 14.2 Å². The Balaban J connectivity index is 1.76. The molecule has 3 aromatic rings. The van der Waals surface area contributed by atoms with E-state index in [0.29, 0.717) is 17.2 Å². The number of hydrogen-bond donors (Lipinski definition) is 0. The monoisotopic (exact) mass is 375 g/mol. The quantitative estimate of drug-likeness (QED) is 0.351. The highest BCUT2D eigenvalue weighted by molar-refractivity contribution is 5.81. The van der Waals surface area contributed by atoms with Crippen molar-refractivity contribution in [2.24, 2.45) is 5.18 Å². The molecule has 5 nitrogen and oxygen atoms in total.